The molecule has 0 unspecified atom stereocenters. The van der Waals surface area contributed by atoms with Crippen LogP contribution in [0.4, 0.5) is 0 Å². The molecule has 2 N–H and O–H groups in total. The highest BCUT2D eigenvalue weighted by Crippen LogP contribution is 2.27. The Kier molecular flexibility index (Phi) is 2.02. The Morgan fingerprint density at radius 2 is 2.10 bits per heavy atom. The van der Waals surface area contributed by atoms with Gasteiger partial charge in [0.05, 0.1) is 12.2 Å². The summed E-state index contributed by atoms with van der Waals surface area (Å²) in [6, 6.07) is 0.244. The minimum Gasteiger partial charge on any atom is -0.374 e. The van der Waals surface area contributed by atoms with Gasteiger partial charge in [-0.2, -0.15) is 0 Å². The van der Waals surface area contributed by atoms with Crippen molar-refractivity contribution in [2.45, 2.75) is 38.8 Å². The summed E-state index contributed by atoms with van der Waals surface area (Å²) < 4.78 is 5.52. The minimum absolute atomic E-state index is 0.0509. The predicted octanol–water partition coefficient (Wildman–Crippen LogP) is 1.15. The van der Waals surface area contributed by atoms with E-state index in [2.05, 4.69) is 20.8 Å². The third-order valence-corrected chi connectivity index (χ3v) is 2.21. The Morgan fingerprint density at radius 1 is 1.50 bits per heavy atom. The Bertz CT molecular complexity index is 122. The molecule has 2 heteroatoms. The topological polar surface area (TPSA) is 35.2 Å². The van der Waals surface area contributed by atoms with E-state index in [0.29, 0.717) is 12.5 Å². The first kappa shape index (κ1) is 8.02. The highest BCUT2D eigenvalue weighted by atomic mass is 16.5. The lowest BCUT2D eigenvalue weighted by Crippen LogP contribution is -2.46. The van der Waals surface area contributed by atoms with Crippen molar-refractivity contribution in [1.82, 2.24) is 0 Å². The van der Waals surface area contributed by atoms with Crippen LogP contribution in [-0.4, -0.2) is 18.2 Å². The molecule has 2 atom stereocenters. The lowest BCUT2D eigenvalue weighted by atomic mass is 9.87. The summed E-state index contributed by atoms with van der Waals surface area (Å²) in [5.41, 5.74) is 5.83. The van der Waals surface area contributed by atoms with Crippen molar-refractivity contribution in [3.8, 4) is 0 Å². The molecule has 0 bridgehead atoms. The van der Waals surface area contributed by atoms with Gasteiger partial charge < -0.3 is 10.5 Å². The molecule has 0 saturated carbocycles. The summed E-state index contributed by atoms with van der Waals surface area (Å²) in [4.78, 5) is 0. The SMILES string of the molecule is C[C@H]1CC(C)(C)OC[C@H]1N. The average molecular weight is 143 g/mol. The second kappa shape index (κ2) is 2.51. The maximum atomic E-state index is 5.77. The fourth-order valence-corrected chi connectivity index (χ4v) is 1.47. The molecule has 1 fully saturated rings. The Morgan fingerprint density at radius 3 is 2.50 bits per heavy atom. The van der Waals surface area contributed by atoms with Crippen LogP contribution in [-0.2, 0) is 4.74 Å². The van der Waals surface area contributed by atoms with Crippen LogP contribution in [0.2, 0.25) is 0 Å². The van der Waals surface area contributed by atoms with Gasteiger partial charge in [0, 0.05) is 6.04 Å². The van der Waals surface area contributed by atoms with Gasteiger partial charge in [-0.15, -0.1) is 0 Å². The molecular formula is C8H17NO. The van der Waals surface area contributed by atoms with Gasteiger partial charge in [0.15, 0.2) is 0 Å². The molecule has 0 aliphatic carbocycles. The van der Waals surface area contributed by atoms with Crippen LogP contribution in [0.5, 0.6) is 0 Å². The van der Waals surface area contributed by atoms with Crippen molar-refractivity contribution in [2.24, 2.45) is 11.7 Å². The number of hydrogen-bond donors (Lipinski definition) is 1. The molecule has 0 aromatic heterocycles. The molecule has 0 aromatic carbocycles. The zero-order chi connectivity index (χ0) is 7.78. The maximum absolute atomic E-state index is 5.77. The second-order valence-corrected chi connectivity index (χ2v) is 3.92. The van der Waals surface area contributed by atoms with Crippen LogP contribution in [0.3, 0.4) is 0 Å². The van der Waals surface area contributed by atoms with Crippen LogP contribution in [0.15, 0.2) is 0 Å². The van der Waals surface area contributed by atoms with Crippen LogP contribution >= 0.6 is 0 Å². The monoisotopic (exact) mass is 143 g/mol. The summed E-state index contributed by atoms with van der Waals surface area (Å²) in [5, 5.41) is 0. The van der Waals surface area contributed by atoms with E-state index in [1.54, 1.807) is 0 Å². The first-order chi connectivity index (χ1) is 4.51. The number of rotatable bonds is 0. The third-order valence-electron chi connectivity index (χ3n) is 2.21. The Balaban J connectivity index is 2.49. The highest BCUT2D eigenvalue weighted by Gasteiger charge is 2.30. The molecule has 0 radical (unpaired) electrons. The predicted molar refractivity (Wildman–Crippen MR) is 41.8 cm³/mol. The van der Waals surface area contributed by atoms with E-state index >= 15 is 0 Å². The summed E-state index contributed by atoms with van der Waals surface area (Å²) in [6.07, 6.45) is 1.08. The van der Waals surface area contributed by atoms with Crippen molar-refractivity contribution in [3.05, 3.63) is 0 Å². The standard InChI is InChI=1S/C8H17NO/c1-6-4-8(2,3)10-5-7(6)9/h6-7H,4-5,9H2,1-3H3/t6-,7+/m0/s1. The normalized spacial score (nSPS) is 39.6. The van der Waals surface area contributed by atoms with Crippen molar-refractivity contribution in [2.75, 3.05) is 6.61 Å². The van der Waals surface area contributed by atoms with Crippen molar-refractivity contribution < 1.29 is 4.74 Å². The Labute approximate surface area is 62.7 Å². The molecule has 1 aliphatic rings. The van der Waals surface area contributed by atoms with Crippen LogP contribution in [0, 0.1) is 5.92 Å². The lowest BCUT2D eigenvalue weighted by molar-refractivity contribution is -0.0787. The van der Waals surface area contributed by atoms with Crippen LogP contribution in [0.25, 0.3) is 0 Å². The fraction of sp³-hybridized carbons (Fsp3) is 1.00. The van der Waals surface area contributed by atoms with Gasteiger partial charge >= 0.3 is 0 Å². The van der Waals surface area contributed by atoms with Crippen LogP contribution in [0.1, 0.15) is 27.2 Å². The summed E-state index contributed by atoms with van der Waals surface area (Å²) in [6.45, 7) is 7.15. The van der Waals surface area contributed by atoms with E-state index < -0.39 is 0 Å². The molecule has 2 nitrogen and oxygen atoms in total. The van der Waals surface area contributed by atoms with E-state index in [-0.39, 0.29) is 11.6 Å². The zero-order valence-corrected chi connectivity index (χ0v) is 7.05. The average Bonchev–Trinajstić information content (AvgIpc) is 1.79. The minimum atomic E-state index is 0.0509. The van der Waals surface area contributed by atoms with E-state index in [9.17, 15) is 0 Å². The van der Waals surface area contributed by atoms with Crippen molar-refractivity contribution in [1.29, 1.82) is 0 Å². The van der Waals surface area contributed by atoms with Crippen molar-refractivity contribution in [3.63, 3.8) is 0 Å². The second-order valence-electron chi connectivity index (χ2n) is 3.92. The van der Waals surface area contributed by atoms with E-state index in [0.717, 1.165) is 6.42 Å². The van der Waals surface area contributed by atoms with Gasteiger partial charge in [-0.05, 0) is 26.2 Å². The third kappa shape index (κ3) is 1.70. The van der Waals surface area contributed by atoms with Gasteiger partial charge in [0.25, 0.3) is 0 Å². The summed E-state index contributed by atoms with van der Waals surface area (Å²) >= 11 is 0. The Hall–Kier alpha value is -0.0800. The molecule has 1 rings (SSSR count). The molecule has 1 heterocycles. The first-order valence-electron chi connectivity index (χ1n) is 3.91. The van der Waals surface area contributed by atoms with Gasteiger partial charge in [0.2, 0.25) is 0 Å². The number of nitrogens with two attached hydrogens (primary N) is 1. The molecule has 1 saturated heterocycles. The number of ether oxygens (including phenoxy) is 1. The van der Waals surface area contributed by atoms with Crippen molar-refractivity contribution >= 4 is 0 Å². The van der Waals surface area contributed by atoms with Gasteiger partial charge in [0.1, 0.15) is 0 Å². The molecule has 60 valence electrons. The molecule has 10 heavy (non-hydrogen) atoms. The zero-order valence-electron chi connectivity index (χ0n) is 7.05. The lowest BCUT2D eigenvalue weighted by Gasteiger charge is -2.37. The summed E-state index contributed by atoms with van der Waals surface area (Å²) in [7, 11) is 0. The van der Waals surface area contributed by atoms with Gasteiger partial charge in [-0.3, -0.25) is 0 Å². The molecule has 1 aliphatic heterocycles. The highest BCUT2D eigenvalue weighted by molar-refractivity contribution is 4.83. The summed E-state index contributed by atoms with van der Waals surface area (Å²) in [5.74, 6) is 0.601. The fourth-order valence-electron chi connectivity index (χ4n) is 1.47. The molecule has 0 amide bonds. The van der Waals surface area contributed by atoms with E-state index in [4.69, 9.17) is 10.5 Å². The smallest absolute Gasteiger partial charge is 0.0630 e. The molecular weight excluding hydrogens is 126 g/mol. The molecule has 0 aromatic rings. The molecule has 0 spiro atoms. The quantitative estimate of drug-likeness (QED) is 0.552. The van der Waals surface area contributed by atoms with E-state index in [1.807, 2.05) is 0 Å². The maximum Gasteiger partial charge on any atom is 0.0630 e. The largest absolute Gasteiger partial charge is 0.374 e. The number of hydrogen-bond acceptors (Lipinski definition) is 2. The van der Waals surface area contributed by atoms with E-state index in [1.165, 1.54) is 0 Å². The van der Waals surface area contributed by atoms with Gasteiger partial charge in [-0.25, -0.2) is 0 Å². The van der Waals surface area contributed by atoms with Crippen LogP contribution < -0.4 is 5.73 Å². The van der Waals surface area contributed by atoms with Gasteiger partial charge in [-0.1, -0.05) is 6.92 Å². The first-order valence-corrected chi connectivity index (χ1v) is 3.91.